The zero-order valence-electron chi connectivity index (χ0n) is 13.6. The van der Waals surface area contributed by atoms with Gasteiger partial charge in [0.2, 0.25) is 0 Å². The maximum Gasteiger partial charge on any atom is 0.0710 e. The quantitative estimate of drug-likeness (QED) is 0.842. The minimum Gasteiger partial charge on any atom is -0.395 e. The molecule has 2 aromatic rings. The van der Waals surface area contributed by atoms with Crippen LogP contribution in [0.5, 0.6) is 0 Å². The van der Waals surface area contributed by atoms with Crippen LogP contribution in [-0.2, 0) is 6.54 Å². The molecule has 124 valence electrons. The Balaban J connectivity index is 1.61. The Bertz CT molecular complexity index is 588. The van der Waals surface area contributed by atoms with Crippen LogP contribution in [0.3, 0.4) is 0 Å². The topological polar surface area (TPSA) is 68.3 Å². The number of pyridine rings is 1. The van der Waals surface area contributed by atoms with E-state index in [9.17, 15) is 5.11 Å². The Kier molecular flexibility index (Phi) is 5.38. The molecular weight excluding hydrogens is 290 g/mol. The number of nitrogens with one attached hydrogen (secondary N) is 1. The van der Waals surface area contributed by atoms with Crippen LogP contribution < -0.4 is 0 Å². The summed E-state index contributed by atoms with van der Waals surface area (Å²) in [6, 6.07) is 4.30. The van der Waals surface area contributed by atoms with Gasteiger partial charge in [0, 0.05) is 62.3 Å². The summed E-state index contributed by atoms with van der Waals surface area (Å²) in [7, 11) is 0. The van der Waals surface area contributed by atoms with E-state index in [1.54, 1.807) is 6.20 Å². The second-order valence-corrected chi connectivity index (χ2v) is 6.07. The van der Waals surface area contributed by atoms with Gasteiger partial charge < -0.3 is 5.11 Å². The van der Waals surface area contributed by atoms with E-state index in [0.29, 0.717) is 6.04 Å². The molecule has 6 heteroatoms. The fourth-order valence-electron chi connectivity index (χ4n) is 3.22. The van der Waals surface area contributed by atoms with Gasteiger partial charge in [0.25, 0.3) is 0 Å². The van der Waals surface area contributed by atoms with Crippen LogP contribution in [0.1, 0.15) is 18.9 Å². The third-order valence-corrected chi connectivity index (χ3v) is 4.67. The van der Waals surface area contributed by atoms with Crippen molar-refractivity contribution in [3.8, 4) is 11.3 Å². The molecule has 0 radical (unpaired) electrons. The second kappa shape index (κ2) is 7.68. The molecule has 0 amide bonds. The first-order chi connectivity index (χ1) is 11.3. The summed E-state index contributed by atoms with van der Waals surface area (Å²) < 4.78 is 0. The van der Waals surface area contributed by atoms with Crippen molar-refractivity contribution >= 4 is 0 Å². The summed E-state index contributed by atoms with van der Waals surface area (Å²) >= 11 is 0. The lowest BCUT2D eigenvalue weighted by atomic mass is 10.1. The van der Waals surface area contributed by atoms with Crippen LogP contribution in [-0.4, -0.2) is 68.9 Å². The summed E-state index contributed by atoms with van der Waals surface area (Å²) in [5.41, 5.74) is 3.34. The normalized spacial score (nSPS) is 18.2. The largest absolute Gasteiger partial charge is 0.395 e. The number of aromatic amines is 1. The van der Waals surface area contributed by atoms with E-state index in [2.05, 4.69) is 38.0 Å². The van der Waals surface area contributed by atoms with Crippen LogP contribution in [0.4, 0.5) is 0 Å². The molecule has 23 heavy (non-hydrogen) atoms. The first kappa shape index (κ1) is 16.1. The van der Waals surface area contributed by atoms with Gasteiger partial charge in [-0.1, -0.05) is 6.92 Å². The predicted molar refractivity (Wildman–Crippen MR) is 89.8 cm³/mol. The molecule has 0 aromatic carbocycles. The van der Waals surface area contributed by atoms with Gasteiger partial charge in [-0.05, 0) is 18.6 Å². The Morgan fingerprint density at radius 1 is 1.26 bits per heavy atom. The van der Waals surface area contributed by atoms with Crippen LogP contribution in [0.2, 0.25) is 0 Å². The van der Waals surface area contributed by atoms with Crippen molar-refractivity contribution < 1.29 is 5.11 Å². The van der Waals surface area contributed by atoms with Gasteiger partial charge >= 0.3 is 0 Å². The predicted octanol–water partition coefficient (Wildman–Crippen LogP) is 1.36. The molecule has 0 aliphatic carbocycles. The smallest absolute Gasteiger partial charge is 0.0710 e. The minimum atomic E-state index is 0.253. The maximum absolute atomic E-state index is 9.44. The number of aliphatic hydroxyl groups excluding tert-OH is 1. The van der Waals surface area contributed by atoms with Crippen molar-refractivity contribution in [3.63, 3.8) is 0 Å². The average molecular weight is 315 g/mol. The molecule has 3 rings (SSSR count). The Hall–Kier alpha value is -1.76. The number of aliphatic hydroxyl groups is 1. The first-order valence-corrected chi connectivity index (χ1v) is 8.31. The minimum absolute atomic E-state index is 0.253. The fraction of sp³-hybridized carbons (Fsp3) is 0.529. The third kappa shape index (κ3) is 3.77. The Labute approximate surface area is 137 Å². The van der Waals surface area contributed by atoms with Crippen molar-refractivity contribution in [1.29, 1.82) is 0 Å². The lowest BCUT2D eigenvalue weighted by Crippen LogP contribution is -2.50. The van der Waals surface area contributed by atoms with Crippen LogP contribution in [0.15, 0.2) is 30.7 Å². The SMILES string of the molecule is CCC(CO)N1CCN(Cc2cn[nH]c2-c2cccnc2)CC1. The van der Waals surface area contributed by atoms with Gasteiger partial charge in [-0.15, -0.1) is 0 Å². The second-order valence-electron chi connectivity index (χ2n) is 6.07. The number of hydrogen-bond donors (Lipinski definition) is 2. The number of nitrogens with zero attached hydrogens (tertiary/aromatic N) is 4. The number of hydrogen-bond acceptors (Lipinski definition) is 5. The lowest BCUT2D eigenvalue weighted by molar-refractivity contribution is 0.0609. The zero-order chi connectivity index (χ0) is 16.1. The molecule has 1 aliphatic heterocycles. The highest BCUT2D eigenvalue weighted by atomic mass is 16.3. The molecule has 1 atom stereocenters. The van der Waals surface area contributed by atoms with Crippen molar-refractivity contribution in [3.05, 3.63) is 36.3 Å². The highest BCUT2D eigenvalue weighted by molar-refractivity contribution is 5.61. The van der Waals surface area contributed by atoms with Gasteiger partial charge in [0.05, 0.1) is 18.5 Å². The molecule has 2 aromatic heterocycles. The van der Waals surface area contributed by atoms with Gasteiger partial charge in [0.15, 0.2) is 0 Å². The Morgan fingerprint density at radius 3 is 2.74 bits per heavy atom. The summed E-state index contributed by atoms with van der Waals surface area (Å²) in [6.45, 7) is 7.35. The molecular formula is C17H25N5O. The van der Waals surface area contributed by atoms with Crippen LogP contribution >= 0.6 is 0 Å². The summed E-state index contributed by atoms with van der Waals surface area (Å²) in [4.78, 5) is 9.03. The monoisotopic (exact) mass is 315 g/mol. The van der Waals surface area contributed by atoms with Crippen LogP contribution in [0.25, 0.3) is 11.3 Å². The maximum atomic E-state index is 9.44. The molecule has 3 heterocycles. The van der Waals surface area contributed by atoms with E-state index in [-0.39, 0.29) is 6.61 Å². The van der Waals surface area contributed by atoms with Crippen molar-refractivity contribution in [2.45, 2.75) is 25.9 Å². The standard InChI is InChI=1S/C17H25N5O/c1-2-16(13-23)22-8-6-21(7-9-22)12-15-11-19-20-17(15)14-4-3-5-18-10-14/h3-5,10-11,16,23H,2,6-9,12-13H2,1H3,(H,19,20). The average Bonchev–Trinajstić information content (AvgIpc) is 3.06. The summed E-state index contributed by atoms with van der Waals surface area (Å²) in [5.74, 6) is 0. The summed E-state index contributed by atoms with van der Waals surface area (Å²) in [6.07, 6.45) is 6.56. The van der Waals surface area contributed by atoms with Crippen molar-refractivity contribution in [2.24, 2.45) is 0 Å². The Morgan fingerprint density at radius 2 is 2.09 bits per heavy atom. The van der Waals surface area contributed by atoms with E-state index in [0.717, 1.165) is 50.4 Å². The molecule has 1 aliphatic rings. The van der Waals surface area contributed by atoms with Crippen LogP contribution in [0, 0.1) is 0 Å². The molecule has 2 N–H and O–H groups in total. The molecule has 1 unspecified atom stereocenters. The number of piperazine rings is 1. The van der Waals surface area contributed by atoms with Gasteiger partial charge in [0.1, 0.15) is 0 Å². The van der Waals surface area contributed by atoms with E-state index in [4.69, 9.17) is 0 Å². The molecule has 0 spiro atoms. The van der Waals surface area contributed by atoms with Gasteiger partial charge in [-0.3, -0.25) is 19.9 Å². The molecule has 0 bridgehead atoms. The van der Waals surface area contributed by atoms with Crippen molar-refractivity contribution in [1.82, 2.24) is 25.0 Å². The van der Waals surface area contributed by atoms with E-state index in [1.165, 1.54) is 5.56 Å². The number of rotatable bonds is 6. The third-order valence-electron chi connectivity index (χ3n) is 4.67. The molecule has 0 saturated carbocycles. The molecule has 1 saturated heterocycles. The molecule has 1 fully saturated rings. The first-order valence-electron chi connectivity index (χ1n) is 8.31. The highest BCUT2D eigenvalue weighted by Gasteiger charge is 2.23. The lowest BCUT2D eigenvalue weighted by Gasteiger charge is -2.38. The van der Waals surface area contributed by atoms with E-state index < -0.39 is 0 Å². The fourth-order valence-corrected chi connectivity index (χ4v) is 3.22. The van der Waals surface area contributed by atoms with Gasteiger partial charge in [-0.25, -0.2) is 0 Å². The number of H-pyrrole nitrogens is 1. The highest BCUT2D eigenvalue weighted by Crippen LogP contribution is 2.22. The van der Waals surface area contributed by atoms with Gasteiger partial charge in [-0.2, -0.15) is 5.10 Å². The van der Waals surface area contributed by atoms with Crippen molar-refractivity contribution in [2.75, 3.05) is 32.8 Å². The zero-order valence-corrected chi connectivity index (χ0v) is 13.6. The van der Waals surface area contributed by atoms with E-state index in [1.807, 2.05) is 18.5 Å². The molecule has 6 nitrogen and oxygen atoms in total. The number of aromatic nitrogens is 3. The summed E-state index contributed by atoms with van der Waals surface area (Å²) in [5, 5.41) is 16.7. The van der Waals surface area contributed by atoms with E-state index >= 15 is 0 Å².